The molecule has 0 aromatic rings. The van der Waals surface area contributed by atoms with E-state index in [0.717, 1.165) is 0 Å². The summed E-state index contributed by atoms with van der Waals surface area (Å²) in [4.78, 5) is 22.0. The van der Waals surface area contributed by atoms with Crippen LogP contribution in [0.15, 0.2) is 5.16 Å². The number of rotatable bonds is 12. The number of ether oxygens (including phenoxy) is 6. The molecule has 16 heteroatoms. The number of aliphatic hydroxyl groups excluding tert-OH is 3. The lowest BCUT2D eigenvalue weighted by Gasteiger charge is -2.49. The van der Waals surface area contributed by atoms with Crippen LogP contribution in [0, 0.1) is 23.7 Å². The molecular formula is C42H79N3O13. The van der Waals surface area contributed by atoms with Gasteiger partial charge in [-0.05, 0) is 74.9 Å². The van der Waals surface area contributed by atoms with Gasteiger partial charge in [0, 0.05) is 49.9 Å². The number of oxime groups is 1. The number of cyclic esters (lactones) is 1. The van der Waals surface area contributed by atoms with Crippen molar-refractivity contribution in [2.24, 2.45) is 28.8 Å². The van der Waals surface area contributed by atoms with E-state index in [0.29, 0.717) is 18.7 Å². The molecule has 2 unspecified atom stereocenters. The molecule has 0 aromatic carbocycles. The normalized spacial score (nSPS) is 45.9. The van der Waals surface area contributed by atoms with E-state index in [2.05, 4.69) is 10.5 Å². The minimum Gasteiger partial charge on any atom is -0.459 e. The molecule has 0 amide bonds. The highest BCUT2D eigenvalue weighted by molar-refractivity contribution is 5.88. The van der Waals surface area contributed by atoms with Crippen molar-refractivity contribution in [1.82, 2.24) is 10.2 Å². The fraction of sp³-hybridized carbons (Fsp3) is 0.952. The Morgan fingerprint density at radius 3 is 2.16 bits per heavy atom. The van der Waals surface area contributed by atoms with Gasteiger partial charge in [0.25, 0.3) is 0 Å². The number of esters is 1. The Labute approximate surface area is 347 Å². The number of carbonyl (C=O) groups is 1. The summed E-state index contributed by atoms with van der Waals surface area (Å²) >= 11 is 0. The van der Waals surface area contributed by atoms with E-state index < -0.39 is 102 Å². The summed E-state index contributed by atoms with van der Waals surface area (Å²) in [5, 5.41) is 67.1. The Balaban J connectivity index is 2.23. The van der Waals surface area contributed by atoms with Crippen molar-refractivity contribution in [3.63, 3.8) is 0 Å². The SMILES string of the molecule is CCC1OC(=O)[C@H](C)C(O[C@H]2C[C@@](C)(OC)[C@@H](O)[C@H](C)O2)[C@H](C)[C@@H](O[C@@H]2O[C@H](C)C[C@H](N(C)C)[C@H]2O)[C@](C)(O)C[C@@H](C)/C(=N\OCCNC(C)C)[C@H](C)[C@@H](O)[C@]1(C)O. The van der Waals surface area contributed by atoms with Crippen molar-refractivity contribution < 1.29 is 63.6 Å². The van der Waals surface area contributed by atoms with Crippen LogP contribution in [0.3, 0.4) is 0 Å². The second-order valence-corrected chi connectivity index (χ2v) is 18.5. The van der Waals surface area contributed by atoms with Crippen LogP contribution in [0.1, 0.15) is 109 Å². The van der Waals surface area contributed by atoms with Crippen molar-refractivity contribution in [2.45, 2.75) is 199 Å². The van der Waals surface area contributed by atoms with Gasteiger partial charge in [-0.2, -0.15) is 0 Å². The van der Waals surface area contributed by atoms with Crippen LogP contribution in [0.4, 0.5) is 0 Å². The third-order valence-corrected chi connectivity index (χ3v) is 12.8. The average molecular weight is 834 g/mol. The van der Waals surface area contributed by atoms with E-state index in [-0.39, 0.29) is 44.1 Å². The van der Waals surface area contributed by atoms with Crippen LogP contribution in [0.5, 0.6) is 0 Å². The molecule has 16 nitrogen and oxygen atoms in total. The van der Waals surface area contributed by atoms with E-state index in [1.165, 1.54) is 14.0 Å². The Bertz CT molecular complexity index is 1320. The monoisotopic (exact) mass is 834 g/mol. The minimum absolute atomic E-state index is 0.0107. The van der Waals surface area contributed by atoms with E-state index in [4.69, 9.17) is 33.3 Å². The third-order valence-electron chi connectivity index (χ3n) is 12.8. The van der Waals surface area contributed by atoms with Gasteiger partial charge in [-0.15, -0.1) is 0 Å². The maximum Gasteiger partial charge on any atom is 0.311 e. The first-order valence-electron chi connectivity index (χ1n) is 21.3. The van der Waals surface area contributed by atoms with Crippen molar-refractivity contribution in [3.8, 4) is 0 Å². The molecule has 0 radical (unpaired) electrons. The fourth-order valence-corrected chi connectivity index (χ4v) is 9.11. The molecule has 3 heterocycles. The molecule has 3 aliphatic heterocycles. The molecule has 58 heavy (non-hydrogen) atoms. The first kappa shape index (κ1) is 50.8. The molecule has 0 bridgehead atoms. The van der Waals surface area contributed by atoms with Crippen LogP contribution in [0.25, 0.3) is 0 Å². The van der Waals surface area contributed by atoms with E-state index >= 15 is 0 Å². The van der Waals surface area contributed by atoms with Crippen LogP contribution >= 0.6 is 0 Å². The van der Waals surface area contributed by atoms with E-state index in [1.54, 1.807) is 48.5 Å². The van der Waals surface area contributed by atoms with Gasteiger partial charge >= 0.3 is 5.97 Å². The topological polar surface area (TPSA) is 210 Å². The Hall–Kier alpha value is -1.54. The Kier molecular flexibility index (Phi) is 18.4. The van der Waals surface area contributed by atoms with Gasteiger partial charge in [0.05, 0.1) is 53.4 Å². The lowest BCUT2D eigenvalue weighted by molar-refractivity contribution is -0.317. The largest absolute Gasteiger partial charge is 0.459 e. The molecule has 340 valence electrons. The predicted molar refractivity (Wildman–Crippen MR) is 218 cm³/mol. The molecule has 3 aliphatic rings. The molecule has 3 fully saturated rings. The summed E-state index contributed by atoms with van der Waals surface area (Å²) in [5.41, 5.74) is -4.34. The molecular weight excluding hydrogens is 754 g/mol. The second-order valence-electron chi connectivity index (χ2n) is 18.5. The van der Waals surface area contributed by atoms with Crippen molar-refractivity contribution in [3.05, 3.63) is 0 Å². The zero-order valence-corrected chi connectivity index (χ0v) is 37.9. The summed E-state index contributed by atoms with van der Waals surface area (Å²) < 4.78 is 37.7. The summed E-state index contributed by atoms with van der Waals surface area (Å²) in [6.45, 7) is 21.9. The molecule has 0 saturated carbocycles. The molecule has 3 saturated heterocycles. The van der Waals surface area contributed by atoms with Crippen molar-refractivity contribution in [1.29, 1.82) is 0 Å². The molecule has 0 aliphatic carbocycles. The number of carbonyl (C=O) groups excluding carboxylic acids is 1. The summed E-state index contributed by atoms with van der Waals surface area (Å²) in [6.07, 6.45) is -9.22. The maximum atomic E-state index is 14.3. The molecule has 18 atom stereocenters. The number of methoxy groups -OCH3 is 1. The van der Waals surface area contributed by atoms with Crippen molar-refractivity contribution >= 4 is 11.7 Å². The van der Waals surface area contributed by atoms with Gasteiger partial charge in [-0.1, -0.05) is 46.7 Å². The summed E-state index contributed by atoms with van der Waals surface area (Å²) in [7, 11) is 5.24. The lowest BCUT2D eigenvalue weighted by atomic mass is 9.73. The fourth-order valence-electron chi connectivity index (χ4n) is 9.11. The number of nitrogens with zero attached hydrogens (tertiary/aromatic N) is 2. The van der Waals surface area contributed by atoms with Crippen LogP contribution < -0.4 is 5.32 Å². The highest BCUT2D eigenvalue weighted by Crippen LogP contribution is 2.41. The zero-order chi connectivity index (χ0) is 44.1. The smallest absolute Gasteiger partial charge is 0.311 e. The molecule has 0 aromatic heterocycles. The van der Waals surface area contributed by atoms with Gasteiger partial charge in [-0.3, -0.25) is 4.79 Å². The molecule has 0 spiro atoms. The highest BCUT2D eigenvalue weighted by atomic mass is 16.7. The minimum atomic E-state index is -1.93. The van der Waals surface area contributed by atoms with Gasteiger partial charge < -0.3 is 69.0 Å². The maximum absolute atomic E-state index is 14.3. The van der Waals surface area contributed by atoms with Crippen molar-refractivity contribution in [2.75, 3.05) is 34.4 Å². The number of aliphatic hydroxyl groups is 5. The van der Waals surface area contributed by atoms with E-state index in [1.807, 2.05) is 46.7 Å². The quantitative estimate of drug-likeness (QED) is 0.0949. The van der Waals surface area contributed by atoms with Gasteiger partial charge in [0.1, 0.15) is 30.5 Å². The number of nitrogens with one attached hydrogen (secondary N) is 1. The van der Waals surface area contributed by atoms with Crippen LogP contribution in [0.2, 0.25) is 0 Å². The third kappa shape index (κ3) is 12.1. The first-order chi connectivity index (χ1) is 26.8. The second kappa shape index (κ2) is 21.0. The first-order valence-corrected chi connectivity index (χ1v) is 21.3. The standard InChI is InChI=1S/C42H79N3O13/c1-16-30-42(12,51)35(47)25(6)32(44-53-18-17-43-22(2)3)23(4)20-40(10,50)37(58-39-33(46)29(45(13)14)19-24(5)54-39)26(7)34(27(8)38(49)56-30)57-31-21-41(11,52-15)36(48)28(9)55-31/h22-31,33-37,39,43,46-48,50-51H,16-21H2,1-15H3/b44-32+/t23-,24-,25+,26+,27-,28+,29+,30?,31+,33-,34?,35-,36+,37-,39+,40-,41-,42-/m1/s1. The number of likely N-dealkylation sites (N-methyl/N-ethyl adjacent to an activating group) is 1. The lowest BCUT2D eigenvalue weighted by Crippen LogP contribution is -2.61. The zero-order valence-electron chi connectivity index (χ0n) is 37.9. The average Bonchev–Trinajstić information content (AvgIpc) is 3.14. The number of hydrogen-bond acceptors (Lipinski definition) is 16. The summed E-state index contributed by atoms with van der Waals surface area (Å²) in [5.74, 6) is -3.98. The number of hydrogen-bond donors (Lipinski definition) is 6. The van der Waals surface area contributed by atoms with Crippen LogP contribution in [-0.2, 0) is 38.1 Å². The summed E-state index contributed by atoms with van der Waals surface area (Å²) in [6, 6.07) is -0.0877. The Morgan fingerprint density at radius 1 is 0.948 bits per heavy atom. The van der Waals surface area contributed by atoms with Crippen LogP contribution in [-0.4, -0.2) is 167 Å². The molecule has 6 N–H and O–H groups in total. The molecule has 3 rings (SSSR count). The predicted octanol–water partition coefficient (Wildman–Crippen LogP) is 2.59. The van der Waals surface area contributed by atoms with Gasteiger partial charge in [-0.25, -0.2) is 0 Å². The van der Waals surface area contributed by atoms with Gasteiger partial charge in [0.2, 0.25) is 0 Å². The Morgan fingerprint density at radius 2 is 1.59 bits per heavy atom. The van der Waals surface area contributed by atoms with Gasteiger partial charge in [0.15, 0.2) is 12.6 Å². The highest BCUT2D eigenvalue weighted by Gasteiger charge is 2.53. The van der Waals surface area contributed by atoms with E-state index in [9.17, 15) is 30.3 Å².